The molecule has 2 fully saturated rings. The van der Waals surface area contributed by atoms with Crippen LogP contribution in [0.3, 0.4) is 0 Å². The Morgan fingerprint density at radius 3 is 2.71 bits per heavy atom. The molecule has 6 nitrogen and oxygen atoms in total. The van der Waals surface area contributed by atoms with Gasteiger partial charge in [0.15, 0.2) is 0 Å². The van der Waals surface area contributed by atoms with Gasteiger partial charge in [0, 0.05) is 6.54 Å². The molecule has 1 saturated heterocycles. The summed E-state index contributed by atoms with van der Waals surface area (Å²) in [5.41, 5.74) is 1.85. The van der Waals surface area contributed by atoms with Crippen LogP contribution in [-0.4, -0.2) is 39.1 Å². The van der Waals surface area contributed by atoms with Gasteiger partial charge < -0.3 is 10.2 Å². The van der Waals surface area contributed by atoms with E-state index in [2.05, 4.69) is 26.3 Å². The van der Waals surface area contributed by atoms with Crippen LogP contribution in [0.15, 0.2) is 4.47 Å². The quantitative estimate of drug-likeness (QED) is 0.883. The van der Waals surface area contributed by atoms with Gasteiger partial charge >= 0.3 is 0 Å². The first-order valence-corrected chi connectivity index (χ1v) is 8.10. The number of hydrogen-bond donors (Lipinski definition) is 1. The molecule has 1 aliphatic carbocycles. The summed E-state index contributed by atoms with van der Waals surface area (Å²) in [5, 5.41) is 7.26. The van der Waals surface area contributed by atoms with E-state index in [1.807, 2.05) is 18.5 Å². The standard InChI is InChI=1S/C14H19BrN4O2/c1-3-19-10(12(15)8(2)17-19)6-18-7-11(20)16-13(14(18)21)9-4-5-9/h9,13H,3-7H2,1-2H3,(H,16,20). The Balaban J connectivity index is 1.83. The van der Waals surface area contributed by atoms with Gasteiger partial charge in [-0.3, -0.25) is 14.3 Å². The number of aromatic nitrogens is 2. The summed E-state index contributed by atoms with van der Waals surface area (Å²) >= 11 is 3.54. The van der Waals surface area contributed by atoms with Crippen LogP contribution in [0.5, 0.6) is 0 Å². The summed E-state index contributed by atoms with van der Waals surface area (Å²) in [6.45, 7) is 5.23. The van der Waals surface area contributed by atoms with E-state index in [-0.39, 0.29) is 24.4 Å². The SMILES string of the molecule is CCn1nc(C)c(Br)c1CN1CC(=O)NC(C2CC2)C1=O. The normalized spacial score (nSPS) is 22.6. The molecule has 0 radical (unpaired) electrons. The first-order chi connectivity index (χ1) is 10.0. The van der Waals surface area contributed by atoms with Gasteiger partial charge in [0.2, 0.25) is 11.8 Å². The van der Waals surface area contributed by atoms with Gasteiger partial charge in [-0.05, 0) is 48.5 Å². The lowest BCUT2D eigenvalue weighted by Crippen LogP contribution is -2.58. The summed E-state index contributed by atoms with van der Waals surface area (Å²) < 4.78 is 2.80. The maximum atomic E-state index is 12.5. The van der Waals surface area contributed by atoms with Crippen molar-refractivity contribution in [3.63, 3.8) is 0 Å². The van der Waals surface area contributed by atoms with Crippen LogP contribution >= 0.6 is 15.9 Å². The van der Waals surface area contributed by atoms with E-state index >= 15 is 0 Å². The molecular weight excluding hydrogens is 336 g/mol. The van der Waals surface area contributed by atoms with Crippen molar-refractivity contribution in [2.45, 2.75) is 45.8 Å². The highest BCUT2D eigenvalue weighted by atomic mass is 79.9. The number of amides is 2. The molecule has 1 unspecified atom stereocenters. The number of carbonyl (C=O) groups excluding carboxylic acids is 2. The summed E-state index contributed by atoms with van der Waals surface area (Å²) in [5.74, 6) is 0.290. The molecule has 0 spiro atoms. The fourth-order valence-electron chi connectivity index (χ4n) is 2.81. The van der Waals surface area contributed by atoms with E-state index < -0.39 is 0 Å². The number of aryl methyl sites for hydroxylation is 2. The van der Waals surface area contributed by atoms with Crippen LogP contribution in [0, 0.1) is 12.8 Å². The maximum absolute atomic E-state index is 12.5. The van der Waals surface area contributed by atoms with E-state index in [9.17, 15) is 9.59 Å². The van der Waals surface area contributed by atoms with E-state index in [1.54, 1.807) is 4.90 Å². The van der Waals surface area contributed by atoms with Crippen LogP contribution in [0.4, 0.5) is 0 Å². The number of halogens is 1. The Labute approximate surface area is 132 Å². The Bertz CT molecular complexity index is 594. The van der Waals surface area contributed by atoms with Gasteiger partial charge in [-0.15, -0.1) is 0 Å². The summed E-state index contributed by atoms with van der Waals surface area (Å²) in [6, 6.07) is -0.330. The molecule has 21 heavy (non-hydrogen) atoms. The Morgan fingerprint density at radius 2 is 2.10 bits per heavy atom. The third-order valence-electron chi connectivity index (χ3n) is 4.12. The molecule has 1 aliphatic heterocycles. The molecule has 2 heterocycles. The number of piperazine rings is 1. The molecular formula is C14H19BrN4O2. The number of rotatable bonds is 4. The van der Waals surface area contributed by atoms with Crippen molar-refractivity contribution < 1.29 is 9.59 Å². The largest absolute Gasteiger partial charge is 0.342 e. The average molecular weight is 355 g/mol. The van der Waals surface area contributed by atoms with Crippen molar-refractivity contribution in [2.24, 2.45) is 5.92 Å². The van der Waals surface area contributed by atoms with Crippen molar-refractivity contribution in [1.29, 1.82) is 0 Å². The first-order valence-electron chi connectivity index (χ1n) is 7.31. The van der Waals surface area contributed by atoms with Crippen LogP contribution < -0.4 is 5.32 Å². The zero-order valence-electron chi connectivity index (χ0n) is 12.2. The number of carbonyl (C=O) groups is 2. The lowest BCUT2D eigenvalue weighted by atomic mass is 10.1. The Hall–Kier alpha value is -1.37. The minimum Gasteiger partial charge on any atom is -0.342 e. The summed E-state index contributed by atoms with van der Waals surface area (Å²) in [7, 11) is 0. The predicted molar refractivity (Wildman–Crippen MR) is 80.4 cm³/mol. The summed E-state index contributed by atoms with van der Waals surface area (Å²) in [4.78, 5) is 26.0. The van der Waals surface area contributed by atoms with E-state index in [0.717, 1.165) is 35.2 Å². The molecule has 0 aromatic carbocycles. The summed E-state index contributed by atoms with van der Waals surface area (Å²) in [6.07, 6.45) is 2.06. The molecule has 1 saturated carbocycles. The monoisotopic (exact) mass is 354 g/mol. The Morgan fingerprint density at radius 1 is 1.38 bits per heavy atom. The molecule has 114 valence electrons. The van der Waals surface area contributed by atoms with Gasteiger partial charge in [-0.25, -0.2) is 0 Å². The first kappa shape index (κ1) is 14.6. The molecule has 1 N–H and O–H groups in total. The van der Waals surface area contributed by atoms with Crippen LogP contribution in [0.2, 0.25) is 0 Å². The van der Waals surface area contributed by atoms with Gasteiger partial charge in [0.1, 0.15) is 12.6 Å². The van der Waals surface area contributed by atoms with E-state index in [1.165, 1.54) is 0 Å². The Kier molecular flexibility index (Phi) is 3.77. The number of nitrogens with one attached hydrogen (secondary N) is 1. The molecule has 1 atom stereocenters. The van der Waals surface area contributed by atoms with E-state index in [0.29, 0.717) is 12.5 Å². The minimum absolute atomic E-state index is 0.0329. The molecule has 7 heteroatoms. The molecule has 2 amide bonds. The highest BCUT2D eigenvalue weighted by Crippen LogP contribution is 2.34. The molecule has 3 rings (SSSR count). The second kappa shape index (κ2) is 5.44. The fraction of sp³-hybridized carbons (Fsp3) is 0.643. The minimum atomic E-state index is -0.330. The molecule has 1 aromatic heterocycles. The van der Waals surface area contributed by atoms with Crippen molar-refractivity contribution in [3.8, 4) is 0 Å². The number of nitrogens with zero attached hydrogens (tertiary/aromatic N) is 3. The average Bonchev–Trinajstić information content (AvgIpc) is 3.25. The van der Waals surface area contributed by atoms with Crippen molar-refractivity contribution >= 4 is 27.7 Å². The lowest BCUT2D eigenvalue weighted by molar-refractivity contribution is -0.145. The van der Waals surface area contributed by atoms with Gasteiger partial charge in [0.25, 0.3) is 0 Å². The van der Waals surface area contributed by atoms with Crippen LogP contribution in [-0.2, 0) is 22.7 Å². The lowest BCUT2D eigenvalue weighted by Gasteiger charge is -2.32. The van der Waals surface area contributed by atoms with Crippen molar-refractivity contribution in [2.75, 3.05) is 6.54 Å². The van der Waals surface area contributed by atoms with Gasteiger partial charge in [0.05, 0.1) is 22.4 Å². The highest BCUT2D eigenvalue weighted by molar-refractivity contribution is 9.10. The zero-order valence-corrected chi connectivity index (χ0v) is 13.8. The second-order valence-corrected chi connectivity index (χ2v) is 6.53. The molecule has 1 aromatic rings. The van der Waals surface area contributed by atoms with Gasteiger partial charge in [-0.1, -0.05) is 0 Å². The smallest absolute Gasteiger partial charge is 0.246 e. The zero-order chi connectivity index (χ0) is 15.1. The van der Waals surface area contributed by atoms with Crippen molar-refractivity contribution in [3.05, 3.63) is 15.9 Å². The maximum Gasteiger partial charge on any atom is 0.246 e. The second-order valence-electron chi connectivity index (χ2n) is 5.74. The van der Waals surface area contributed by atoms with Crippen LogP contribution in [0.1, 0.15) is 31.2 Å². The highest BCUT2D eigenvalue weighted by Gasteiger charge is 2.42. The van der Waals surface area contributed by atoms with Crippen LogP contribution in [0.25, 0.3) is 0 Å². The fourth-order valence-corrected chi connectivity index (χ4v) is 3.22. The predicted octanol–water partition coefficient (Wildman–Crippen LogP) is 1.21. The molecule has 0 bridgehead atoms. The van der Waals surface area contributed by atoms with Gasteiger partial charge in [-0.2, -0.15) is 5.10 Å². The topological polar surface area (TPSA) is 67.2 Å². The van der Waals surface area contributed by atoms with E-state index in [4.69, 9.17) is 0 Å². The third kappa shape index (κ3) is 2.71. The third-order valence-corrected chi connectivity index (χ3v) is 5.15. The van der Waals surface area contributed by atoms with Crippen molar-refractivity contribution in [1.82, 2.24) is 20.0 Å². The number of hydrogen-bond acceptors (Lipinski definition) is 3. The molecule has 2 aliphatic rings.